The lowest BCUT2D eigenvalue weighted by Gasteiger charge is -2.00. The molecular weight excluding hydrogens is 236 g/mol. The first-order valence-corrected chi connectivity index (χ1v) is 7.56. The first-order valence-electron chi connectivity index (χ1n) is 6.44. The van der Waals surface area contributed by atoms with Gasteiger partial charge in [-0.25, -0.2) is 0 Å². The van der Waals surface area contributed by atoms with Gasteiger partial charge in [-0.05, 0) is 18.3 Å². The normalized spacial score (nSPS) is 25.3. The van der Waals surface area contributed by atoms with Gasteiger partial charge < -0.3 is 0 Å². The van der Waals surface area contributed by atoms with Gasteiger partial charge in [-0.3, -0.25) is 0 Å². The first kappa shape index (κ1) is 12.5. The molecule has 0 N–H and O–H groups in total. The SMILES string of the molecule is CCCCCCCCCC1CC1CBr. The minimum Gasteiger partial charge on any atom is -0.0925 e. The third kappa shape index (κ3) is 5.38. The molecule has 0 radical (unpaired) electrons. The standard InChI is InChI=1S/C13H25Br/c1-2-3-4-5-6-7-8-9-12-10-13(12)11-14/h12-13H,2-11H2,1H3. The fourth-order valence-electron chi connectivity index (χ4n) is 2.22. The molecule has 2 atom stereocenters. The molecule has 0 spiro atoms. The first-order chi connectivity index (χ1) is 6.88. The van der Waals surface area contributed by atoms with E-state index in [2.05, 4.69) is 22.9 Å². The Kier molecular flexibility index (Phi) is 6.93. The van der Waals surface area contributed by atoms with Gasteiger partial charge in [-0.15, -0.1) is 0 Å². The zero-order valence-electron chi connectivity index (χ0n) is 9.60. The second-order valence-corrected chi connectivity index (χ2v) is 5.47. The number of halogens is 1. The second-order valence-electron chi connectivity index (χ2n) is 4.82. The Labute approximate surface area is 98.0 Å². The highest BCUT2D eigenvalue weighted by molar-refractivity contribution is 9.09. The van der Waals surface area contributed by atoms with Crippen molar-refractivity contribution in [2.24, 2.45) is 11.8 Å². The van der Waals surface area contributed by atoms with Crippen LogP contribution in [0.25, 0.3) is 0 Å². The van der Waals surface area contributed by atoms with E-state index in [0.717, 1.165) is 11.8 Å². The second kappa shape index (κ2) is 7.73. The van der Waals surface area contributed by atoms with Crippen LogP contribution < -0.4 is 0 Å². The van der Waals surface area contributed by atoms with Gasteiger partial charge in [-0.2, -0.15) is 0 Å². The molecule has 2 unspecified atom stereocenters. The van der Waals surface area contributed by atoms with Crippen molar-refractivity contribution in [1.29, 1.82) is 0 Å². The number of hydrogen-bond donors (Lipinski definition) is 0. The topological polar surface area (TPSA) is 0 Å². The summed E-state index contributed by atoms with van der Waals surface area (Å²) in [4.78, 5) is 0. The Bertz CT molecular complexity index is 133. The van der Waals surface area contributed by atoms with Crippen molar-refractivity contribution < 1.29 is 0 Å². The summed E-state index contributed by atoms with van der Waals surface area (Å²) in [5.41, 5.74) is 0. The van der Waals surface area contributed by atoms with Crippen LogP contribution in [0.1, 0.15) is 64.7 Å². The van der Waals surface area contributed by atoms with Crippen molar-refractivity contribution in [3.63, 3.8) is 0 Å². The van der Waals surface area contributed by atoms with Crippen molar-refractivity contribution in [2.75, 3.05) is 5.33 Å². The third-order valence-corrected chi connectivity index (χ3v) is 4.28. The zero-order chi connectivity index (χ0) is 10.2. The summed E-state index contributed by atoms with van der Waals surface area (Å²) in [6.07, 6.45) is 13.2. The van der Waals surface area contributed by atoms with Crippen molar-refractivity contribution in [3.8, 4) is 0 Å². The Balaban J connectivity index is 1.73. The molecule has 0 nitrogen and oxygen atoms in total. The Morgan fingerprint density at radius 2 is 1.57 bits per heavy atom. The number of alkyl halides is 1. The predicted octanol–water partition coefficient (Wildman–Crippen LogP) is 5.16. The predicted molar refractivity (Wildman–Crippen MR) is 68.0 cm³/mol. The summed E-state index contributed by atoms with van der Waals surface area (Å²) in [6, 6.07) is 0. The summed E-state index contributed by atoms with van der Waals surface area (Å²) < 4.78 is 0. The lowest BCUT2D eigenvalue weighted by Crippen LogP contribution is -1.85. The van der Waals surface area contributed by atoms with Gasteiger partial charge >= 0.3 is 0 Å². The van der Waals surface area contributed by atoms with E-state index in [-0.39, 0.29) is 0 Å². The molecule has 1 aliphatic rings. The molecule has 0 aromatic heterocycles. The van der Waals surface area contributed by atoms with Gasteiger partial charge in [0.15, 0.2) is 0 Å². The van der Waals surface area contributed by atoms with Crippen LogP contribution in [0.4, 0.5) is 0 Å². The molecule has 0 amide bonds. The maximum absolute atomic E-state index is 3.57. The molecule has 0 aliphatic heterocycles. The van der Waals surface area contributed by atoms with Crippen LogP contribution in [0.3, 0.4) is 0 Å². The molecule has 0 bridgehead atoms. The molecule has 0 heterocycles. The van der Waals surface area contributed by atoms with Crippen LogP contribution in [0, 0.1) is 11.8 Å². The van der Waals surface area contributed by atoms with Crippen molar-refractivity contribution in [3.05, 3.63) is 0 Å². The largest absolute Gasteiger partial charge is 0.0925 e. The van der Waals surface area contributed by atoms with Crippen LogP contribution in [-0.4, -0.2) is 5.33 Å². The van der Waals surface area contributed by atoms with E-state index in [1.807, 2.05) is 0 Å². The van der Waals surface area contributed by atoms with Gasteiger partial charge in [0, 0.05) is 5.33 Å². The molecule has 84 valence electrons. The summed E-state index contributed by atoms with van der Waals surface area (Å²) >= 11 is 3.57. The van der Waals surface area contributed by atoms with E-state index < -0.39 is 0 Å². The van der Waals surface area contributed by atoms with E-state index in [0.29, 0.717) is 0 Å². The smallest absolute Gasteiger partial charge is 0.00624 e. The van der Waals surface area contributed by atoms with Gasteiger partial charge in [0.25, 0.3) is 0 Å². The third-order valence-electron chi connectivity index (χ3n) is 3.45. The molecule has 1 heteroatoms. The average molecular weight is 261 g/mol. The van der Waals surface area contributed by atoms with Gasteiger partial charge in [-0.1, -0.05) is 74.2 Å². The monoisotopic (exact) mass is 260 g/mol. The van der Waals surface area contributed by atoms with Gasteiger partial charge in [0.1, 0.15) is 0 Å². The fourth-order valence-corrected chi connectivity index (χ4v) is 3.01. The summed E-state index contributed by atoms with van der Waals surface area (Å²) in [6.45, 7) is 2.29. The molecule has 1 aliphatic carbocycles. The Morgan fingerprint density at radius 1 is 0.929 bits per heavy atom. The minimum absolute atomic E-state index is 1.04. The average Bonchev–Trinajstić information content (AvgIpc) is 2.95. The van der Waals surface area contributed by atoms with Gasteiger partial charge in [0.05, 0.1) is 0 Å². The summed E-state index contributed by atoms with van der Waals surface area (Å²) in [5, 5.41) is 1.24. The van der Waals surface area contributed by atoms with Crippen LogP contribution >= 0.6 is 15.9 Å². The van der Waals surface area contributed by atoms with Gasteiger partial charge in [0.2, 0.25) is 0 Å². The van der Waals surface area contributed by atoms with Crippen LogP contribution in [0.15, 0.2) is 0 Å². The molecular formula is C13H25Br. The van der Waals surface area contributed by atoms with E-state index in [9.17, 15) is 0 Å². The number of unbranched alkanes of at least 4 members (excludes halogenated alkanes) is 6. The summed E-state index contributed by atoms with van der Waals surface area (Å²) in [5.74, 6) is 2.13. The minimum atomic E-state index is 1.04. The zero-order valence-corrected chi connectivity index (χ0v) is 11.2. The fraction of sp³-hybridized carbons (Fsp3) is 1.00. The number of rotatable bonds is 9. The molecule has 0 aromatic rings. The maximum atomic E-state index is 3.57. The molecule has 1 fully saturated rings. The molecule has 1 saturated carbocycles. The van der Waals surface area contributed by atoms with Crippen LogP contribution in [-0.2, 0) is 0 Å². The quantitative estimate of drug-likeness (QED) is 0.397. The van der Waals surface area contributed by atoms with Crippen molar-refractivity contribution >= 4 is 15.9 Å². The molecule has 14 heavy (non-hydrogen) atoms. The highest BCUT2D eigenvalue weighted by Crippen LogP contribution is 2.43. The lowest BCUT2D eigenvalue weighted by atomic mass is 10.1. The van der Waals surface area contributed by atoms with E-state index in [4.69, 9.17) is 0 Å². The van der Waals surface area contributed by atoms with E-state index in [1.54, 1.807) is 0 Å². The Morgan fingerprint density at radius 3 is 2.14 bits per heavy atom. The molecule has 0 saturated heterocycles. The highest BCUT2D eigenvalue weighted by atomic mass is 79.9. The Hall–Kier alpha value is 0.480. The molecule has 1 rings (SSSR count). The molecule has 0 aromatic carbocycles. The van der Waals surface area contributed by atoms with E-state index in [1.165, 1.54) is 63.1 Å². The van der Waals surface area contributed by atoms with Crippen LogP contribution in [0.2, 0.25) is 0 Å². The van der Waals surface area contributed by atoms with Crippen molar-refractivity contribution in [1.82, 2.24) is 0 Å². The van der Waals surface area contributed by atoms with Crippen molar-refractivity contribution in [2.45, 2.75) is 64.7 Å². The lowest BCUT2D eigenvalue weighted by molar-refractivity contribution is 0.549. The van der Waals surface area contributed by atoms with E-state index >= 15 is 0 Å². The summed E-state index contributed by atoms with van der Waals surface area (Å²) in [7, 11) is 0. The number of hydrogen-bond acceptors (Lipinski definition) is 0. The van der Waals surface area contributed by atoms with Crippen LogP contribution in [0.5, 0.6) is 0 Å². The maximum Gasteiger partial charge on any atom is 0.00624 e. The highest BCUT2D eigenvalue weighted by Gasteiger charge is 2.34.